The highest BCUT2D eigenvalue weighted by molar-refractivity contribution is 5.93. The van der Waals surface area contributed by atoms with Crippen LogP contribution in [0.1, 0.15) is 21.6 Å². The number of benzene rings is 1. The molecule has 0 saturated carbocycles. The number of amides is 1. The van der Waals surface area contributed by atoms with Crippen molar-refractivity contribution in [3.8, 4) is 0 Å². The van der Waals surface area contributed by atoms with Crippen molar-refractivity contribution in [3.63, 3.8) is 0 Å². The summed E-state index contributed by atoms with van der Waals surface area (Å²) in [6.07, 6.45) is 1.49. The van der Waals surface area contributed by atoms with E-state index in [-0.39, 0.29) is 17.5 Å². The number of carbonyl (C=O) groups is 1. The Kier molecular flexibility index (Phi) is 3.32. The highest BCUT2D eigenvalue weighted by atomic mass is 19.2. The molecule has 3 nitrogen and oxygen atoms in total. The number of nitrogens with two attached hydrogens (primary N) is 1. The van der Waals surface area contributed by atoms with Gasteiger partial charge in [-0.15, -0.1) is 0 Å². The van der Waals surface area contributed by atoms with Gasteiger partial charge in [-0.25, -0.2) is 8.78 Å². The molecular weight excluding hydrogens is 238 g/mol. The highest BCUT2D eigenvalue weighted by Crippen LogP contribution is 2.16. The molecule has 1 aromatic carbocycles. The molecule has 2 N–H and O–H groups in total. The fourth-order valence-electron chi connectivity index (χ4n) is 1.67. The average Bonchev–Trinajstić information content (AvgIpc) is 2.35. The lowest BCUT2D eigenvalue weighted by atomic mass is 10.0. The lowest BCUT2D eigenvalue weighted by molar-refractivity contribution is 0.0999. The van der Waals surface area contributed by atoms with Crippen molar-refractivity contribution in [2.24, 2.45) is 5.73 Å². The van der Waals surface area contributed by atoms with E-state index in [4.69, 9.17) is 5.73 Å². The summed E-state index contributed by atoms with van der Waals surface area (Å²) in [5.41, 5.74) is 5.86. The van der Waals surface area contributed by atoms with E-state index in [9.17, 15) is 13.6 Å². The van der Waals surface area contributed by atoms with Crippen molar-refractivity contribution in [2.45, 2.75) is 6.42 Å². The summed E-state index contributed by atoms with van der Waals surface area (Å²) in [6.45, 7) is 0. The van der Waals surface area contributed by atoms with Crippen LogP contribution in [0.4, 0.5) is 8.78 Å². The third-order valence-corrected chi connectivity index (χ3v) is 2.55. The number of hydrogen-bond donors (Lipinski definition) is 1. The molecule has 0 radical (unpaired) electrons. The van der Waals surface area contributed by atoms with Gasteiger partial charge in [0.2, 0.25) is 0 Å². The SMILES string of the molecule is NC(=O)c1cccnc1Cc1cccc(F)c1F. The molecule has 2 aromatic rings. The van der Waals surface area contributed by atoms with Crippen LogP contribution in [0, 0.1) is 11.6 Å². The number of aromatic nitrogens is 1. The van der Waals surface area contributed by atoms with Crippen LogP contribution in [0.3, 0.4) is 0 Å². The molecule has 1 aromatic heterocycles. The molecule has 0 spiro atoms. The van der Waals surface area contributed by atoms with E-state index in [0.29, 0.717) is 5.69 Å². The molecular formula is C13H10F2N2O. The van der Waals surface area contributed by atoms with Crippen molar-refractivity contribution in [2.75, 3.05) is 0 Å². The summed E-state index contributed by atoms with van der Waals surface area (Å²) in [7, 11) is 0. The minimum Gasteiger partial charge on any atom is -0.366 e. The monoisotopic (exact) mass is 248 g/mol. The van der Waals surface area contributed by atoms with Crippen molar-refractivity contribution < 1.29 is 13.6 Å². The van der Waals surface area contributed by atoms with Gasteiger partial charge in [0.15, 0.2) is 11.6 Å². The van der Waals surface area contributed by atoms with E-state index in [2.05, 4.69) is 4.98 Å². The number of pyridine rings is 1. The van der Waals surface area contributed by atoms with E-state index in [1.54, 1.807) is 6.07 Å². The van der Waals surface area contributed by atoms with Crippen molar-refractivity contribution in [1.29, 1.82) is 0 Å². The molecule has 2 rings (SSSR count). The maximum absolute atomic E-state index is 13.5. The summed E-state index contributed by atoms with van der Waals surface area (Å²) in [5, 5.41) is 0. The van der Waals surface area contributed by atoms with Gasteiger partial charge in [0.25, 0.3) is 5.91 Å². The largest absolute Gasteiger partial charge is 0.366 e. The third kappa shape index (κ3) is 2.34. The zero-order valence-electron chi connectivity index (χ0n) is 9.36. The molecule has 0 fully saturated rings. The summed E-state index contributed by atoms with van der Waals surface area (Å²) >= 11 is 0. The number of halogens is 2. The van der Waals surface area contributed by atoms with E-state index >= 15 is 0 Å². The molecule has 0 atom stereocenters. The molecule has 92 valence electrons. The van der Waals surface area contributed by atoms with Crippen LogP contribution in [0.15, 0.2) is 36.5 Å². The van der Waals surface area contributed by atoms with Crippen molar-refractivity contribution in [1.82, 2.24) is 4.98 Å². The fourth-order valence-corrected chi connectivity index (χ4v) is 1.67. The molecule has 0 saturated heterocycles. The predicted octanol–water partition coefficient (Wildman–Crippen LogP) is 2.05. The molecule has 18 heavy (non-hydrogen) atoms. The number of nitrogens with zero attached hydrogens (tertiary/aromatic N) is 1. The zero-order chi connectivity index (χ0) is 13.1. The van der Waals surface area contributed by atoms with E-state index in [1.165, 1.54) is 24.4 Å². The number of hydrogen-bond acceptors (Lipinski definition) is 2. The number of primary amides is 1. The maximum atomic E-state index is 13.5. The van der Waals surface area contributed by atoms with Crippen molar-refractivity contribution in [3.05, 3.63) is 65.0 Å². The second kappa shape index (κ2) is 4.91. The molecule has 0 aliphatic rings. The second-order valence-corrected chi connectivity index (χ2v) is 3.75. The van der Waals surface area contributed by atoms with Crippen LogP contribution in [0.25, 0.3) is 0 Å². The maximum Gasteiger partial charge on any atom is 0.250 e. The second-order valence-electron chi connectivity index (χ2n) is 3.75. The first-order valence-electron chi connectivity index (χ1n) is 5.26. The van der Waals surface area contributed by atoms with Gasteiger partial charge in [0.1, 0.15) is 0 Å². The van der Waals surface area contributed by atoms with Crippen LogP contribution in [-0.4, -0.2) is 10.9 Å². The van der Waals surface area contributed by atoms with Crippen LogP contribution in [0.5, 0.6) is 0 Å². The fraction of sp³-hybridized carbons (Fsp3) is 0.0769. The minimum atomic E-state index is -0.932. The Morgan fingerprint density at radius 2 is 2.00 bits per heavy atom. The number of carbonyl (C=O) groups excluding carboxylic acids is 1. The summed E-state index contributed by atoms with van der Waals surface area (Å²) in [5.74, 6) is -2.50. The molecule has 0 unspecified atom stereocenters. The van der Waals surface area contributed by atoms with Gasteiger partial charge in [0, 0.05) is 12.6 Å². The van der Waals surface area contributed by atoms with Gasteiger partial charge in [-0.2, -0.15) is 0 Å². The van der Waals surface area contributed by atoms with Gasteiger partial charge >= 0.3 is 0 Å². The molecule has 0 aliphatic carbocycles. The highest BCUT2D eigenvalue weighted by Gasteiger charge is 2.13. The van der Waals surface area contributed by atoms with Gasteiger partial charge in [-0.05, 0) is 23.8 Å². The first-order chi connectivity index (χ1) is 8.59. The standard InChI is InChI=1S/C13H10F2N2O/c14-10-5-1-3-8(12(10)15)7-11-9(13(16)18)4-2-6-17-11/h1-6H,7H2,(H2,16,18). The van der Waals surface area contributed by atoms with Crippen molar-refractivity contribution >= 4 is 5.91 Å². The average molecular weight is 248 g/mol. The summed E-state index contributed by atoms with van der Waals surface area (Å²) in [6, 6.07) is 6.94. The van der Waals surface area contributed by atoms with Crippen LogP contribution in [0.2, 0.25) is 0 Å². The van der Waals surface area contributed by atoms with Gasteiger partial charge < -0.3 is 5.73 Å². The Bertz CT molecular complexity index is 599. The first-order valence-corrected chi connectivity index (χ1v) is 5.26. The lowest BCUT2D eigenvalue weighted by Crippen LogP contribution is -2.15. The molecule has 0 bridgehead atoms. The van der Waals surface area contributed by atoms with E-state index in [1.807, 2.05) is 0 Å². The van der Waals surface area contributed by atoms with E-state index < -0.39 is 17.5 Å². The third-order valence-electron chi connectivity index (χ3n) is 2.55. The Balaban J connectivity index is 2.40. The Morgan fingerprint density at radius 1 is 1.22 bits per heavy atom. The molecule has 1 heterocycles. The summed E-state index contributed by atoms with van der Waals surface area (Å²) in [4.78, 5) is 15.2. The predicted molar refractivity (Wildman–Crippen MR) is 61.9 cm³/mol. The molecule has 1 amide bonds. The summed E-state index contributed by atoms with van der Waals surface area (Å²) < 4.78 is 26.6. The Morgan fingerprint density at radius 3 is 2.72 bits per heavy atom. The van der Waals surface area contributed by atoms with Crippen LogP contribution >= 0.6 is 0 Å². The zero-order valence-corrected chi connectivity index (χ0v) is 9.36. The van der Waals surface area contributed by atoms with Crippen LogP contribution in [-0.2, 0) is 6.42 Å². The molecule has 5 heteroatoms. The van der Waals surface area contributed by atoms with E-state index in [0.717, 1.165) is 6.07 Å². The Labute approximate surface area is 102 Å². The molecule has 0 aliphatic heterocycles. The Hall–Kier alpha value is -2.30. The topological polar surface area (TPSA) is 56.0 Å². The van der Waals surface area contributed by atoms with Crippen LogP contribution < -0.4 is 5.73 Å². The minimum absolute atomic E-state index is 0.0166. The van der Waals surface area contributed by atoms with Gasteiger partial charge in [-0.1, -0.05) is 12.1 Å². The normalized spacial score (nSPS) is 10.3. The lowest BCUT2D eigenvalue weighted by Gasteiger charge is -2.06. The van der Waals surface area contributed by atoms with Gasteiger partial charge in [0.05, 0.1) is 11.3 Å². The van der Waals surface area contributed by atoms with Gasteiger partial charge in [-0.3, -0.25) is 9.78 Å². The number of rotatable bonds is 3. The quantitative estimate of drug-likeness (QED) is 0.903. The smallest absolute Gasteiger partial charge is 0.250 e. The first kappa shape index (κ1) is 12.2.